The minimum absolute atomic E-state index is 0.186. The van der Waals surface area contributed by atoms with Gasteiger partial charge in [-0.25, -0.2) is 18.6 Å². The van der Waals surface area contributed by atoms with E-state index in [1.165, 1.54) is 23.1 Å². The van der Waals surface area contributed by atoms with Gasteiger partial charge in [0.15, 0.2) is 17.4 Å². The van der Waals surface area contributed by atoms with Crippen LogP contribution in [0.3, 0.4) is 0 Å². The van der Waals surface area contributed by atoms with E-state index in [1.54, 1.807) is 36.2 Å². The molecule has 0 spiro atoms. The number of aromatic nitrogens is 1. The molecule has 41 heavy (non-hydrogen) atoms. The first-order chi connectivity index (χ1) is 19.7. The van der Waals surface area contributed by atoms with Crippen LogP contribution in [-0.4, -0.2) is 46.9 Å². The van der Waals surface area contributed by atoms with Crippen molar-refractivity contribution in [1.29, 1.82) is 0 Å². The molecule has 2 aliphatic heterocycles. The van der Waals surface area contributed by atoms with Crippen LogP contribution in [0.5, 0.6) is 11.5 Å². The number of thiophene rings is 1. The van der Waals surface area contributed by atoms with E-state index in [-0.39, 0.29) is 23.6 Å². The molecule has 1 atom stereocenters. The molecule has 6 rings (SSSR count). The number of pyridine rings is 1. The third-order valence-electron chi connectivity index (χ3n) is 7.01. The van der Waals surface area contributed by atoms with E-state index in [0.29, 0.717) is 57.2 Å². The number of ether oxygens (including phenoxy) is 1. The maximum Gasteiger partial charge on any atom is 0.331 e. The number of amides is 4. The van der Waals surface area contributed by atoms with Gasteiger partial charge in [-0.15, -0.1) is 11.3 Å². The Kier molecular flexibility index (Phi) is 6.62. The summed E-state index contributed by atoms with van der Waals surface area (Å²) in [5.74, 6) is -2.53. The first-order valence-electron chi connectivity index (χ1n) is 12.7. The summed E-state index contributed by atoms with van der Waals surface area (Å²) in [6, 6.07) is 9.15. The van der Waals surface area contributed by atoms with Gasteiger partial charge in [-0.3, -0.25) is 14.5 Å². The van der Waals surface area contributed by atoms with Crippen molar-refractivity contribution in [2.45, 2.75) is 19.4 Å². The quantitative estimate of drug-likeness (QED) is 0.280. The highest BCUT2D eigenvalue weighted by Crippen LogP contribution is 2.46. The van der Waals surface area contributed by atoms with Crippen LogP contribution < -0.4 is 20.3 Å². The first-order valence-corrected chi connectivity index (χ1v) is 13.5. The van der Waals surface area contributed by atoms with E-state index in [4.69, 9.17) is 4.74 Å². The molecule has 1 fully saturated rings. The summed E-state index contributed by atoms with van der Waals surface area (Å²) in [7, 11) is 0. The number of likely N-dealkylation sites (tertiary alicyclic amines) is 1. The number of nitrogens with one attached hydrogen (secondary N) is 2. The van der Waals surface area contributed by atoms with Crippen molar-refractivity contribution in [2.75, 3.05) is 23.3 Å². The van der Waals surface area contributed by atoms with Crippen LogP contribution in [0.4, 0.5) is 30.6 Å². The fraction of sp³-hybridized carbons (Fsp3) is 0.172. The van der Waals surface area contributed by atoms with E-state index in [9.17, 15) is 23.2 Å². The highest BCUT2D eigenvalue weighted by atomic mass is 32.1. The molecule has 2 aromatic carbocycles. The van der Waals surface area contributed by atoms with E-state index in [2.05, 4.69) is 22.2 Å². The van der Waals surface area contributed by atoms with E-state index < -0.39 is 23.4 Å². The number of carbonyl (C=O) groups excluding carboxylic acids is 3. The first kappa shape index (κ1) is 26.4. The predicted octanol–water partition coefficient (Wildman–Crippen LogP) is 5.88. The predicted molar refractivity (Wildman–Crippen MR) is 151 cm³/mol. The molecule has 0 radical (unpaired) electrons. The van der Waals surface area contributed by atoms with Crippen LogP contribution >= 0.6 is 11.3 Å². The minimum Gasteiger partial charge on any atom is -0.451 e. The Morgan fingerprint density at radius 2 is 1.98 bits per heavy atom. The highest BCUT2D eigenvalue weighted by molar-refractivity contribution is 7.21. The third-order valence-corrected chi connectivity index (χ3v) is 8.11. The Morgan fingerprint density at radius 3 is 2.71 bits per heavy atom. The van der Waals surface area contributed by atoms with Gasteiger partial charge in [-0.2, -0.15) is 0 Å². The summed E-state index contributed by atoms with van der Waals surface area (Å²) in [5, 5.41) is 6.43. The van der Waals surface area contributed by atoms with Gasteiger partial charge in [0.2, 0.25) is 5.91 Å². The standard InChI is InChI=1S/C29H23F2N5O4S/c1-3-22(37)35-12-10-16(14-35)33-27(38)26-24-23-21(9-11-32-28(23)41-26)36(29(39)34-24)20-8-7-17(13-15(20)2)40-25-18(30)5-4-6-19(25)31/h3-9,11,13,16H,1,10,12,14H2,2H3,(H,33,38)(H,34,39). The topological polar surface area (TPSA) is 104 Å². The van der Waals surface area contributed by atoms with Crippen molar-refractivity contribution in [3.63, 3.8) is 0 Å². The molecule has 208 valence electrons. The molecule has 0 saturated carbocycles. The Balaban J connectivity index is 1.30. The van der Waals surface area contributed by atoms with Crippen molar-refractivity contribution in [2.24, 2.45) is 0 Å². The highest BCUT2D eigenvalue weighted by Gasteiger charge is 2.34. The fourth-order valence-electron chi connectivity index (χ4n) is 5.08. The summed E-state index contributed by atoms with van der Waals surface area (Å²) >= 11 is 1.16. The molecule has 2 aromatic heterocycles. The number of benzene rings is 2. The fourth-order valence-corrected chi connectivity index (χ4v) is 6.10. The van der Waals surface area contributed by atoms with Gasteiger partial charge in [0, 0.05) is 25.3 Å². The van der Waals surface area contributed by atoms with Crippen molar-refractivity contribution in [3.8, 4) is 11.5 Å². The SMILES string of the molecule is C=CC(=O)N1CCC(NC(=O)c2sc3nccc4c3c2NC(=O)N4c2ccc(Oc3c(F)cccc3F)cc2C)C1. The Bertz CT molecular complexity index is 1740. The Labute approximate surface area is 237 Å². The van der Waals surface area contributed by atoms with Crippen molar-refractivity contribution >= 4 is 56.5 Å². The number of hydrogen-bond acceptors (Lipinski definition) is 6. The lowest BCUT2D eigenvalue weighted by Crippen LogP contribution is -2.39. The number of halogens is 2. The number of aryl methyl sites for hydroxylation is 1. The Hall–Kier alpha value is -4.84. The van der Waals surface area contributed by atoms with Gasteiger partial charge >= 0.3 is 6.03 Å². The zero-order chi connectivity index (χ0) is 28.8. The maximum atomic E-state index is 14.1. The summed E-state index contributed by atoms with van der Waals surface area (Å²) in [6.45, 7) is 6.15. The number of anilines is 3. The molecule has 1 saturated heterocycles. The average molecular weight is 576 g/mol. The van der Waals surface area contributed by atoms with Gasteiger partial charge in [0.05, 0.1) is 22.4 Å². The second kappa shape index (κ2) is 10.3. The number of urea groups is 1. The van der Waals surface area contributed by atoms with Crippen LogP contribution in [0.2, 0.25) is 0 Å². The van der Waals surface area contributed by atoms with Gasteiger partial charge in [0.25, 0.3) is 5.91 Å². The zero-order valence-corrected chi connectivity index (χ0v) is 22.6. The Morgan fingerprint density at radius 1 is 1.20 bits per heavy atom. The molecular weight excluding hydrogens is 552 g/mol. The molecule has 12 heteroatoms. The lowest BCUT2D eigenvalue weighted by molar-refractivity contribution is -0.125. The number of carbonyl (C=O) groups is 3. The lowest BCUT2D eigenvalue weighted by atomic mass is 10.1. The van der Waals surface area contributed by atoms with E-state index in [1.807, 2.05) is 0 Å². The second-order valence-corrected chi connectivity index (χ2v) is 10.6. The number of rotatable bonds is 6. The molecule has 0 aliphatic carbocycles. The van der Waals surface area contributed by atoms with Crippen LogP contribution in [0.25, 0.3) is 10.2 Å². The molecule has 2 aliphatic rings. The van der Waals surface area contributed by atoms with Gasteiger partial charge < -0.3 is 20.3 Å². The molecule has 9 nitrogen and oxygen atoms in total. The normalized spacial score (nSPS) is 16.1. The monoisotopic (exact) mass is 575 g/mol. The summed E-state index contributed by atoms with van der Waals surface area (Å²) in [5.41, 5.74) is 2.02. The molecule has 1 unspecified atom stereocenters. The van der Waals surface area contributed by atoms with Crippen molar-refractivity contribution in [3.05, 3.63) is 83.4 Å². The molecule has 4 aromatic rings. The van der Waals surface area contributed by atoms with Crippen LogP contribution in [0.15, 0.2) is 61.3 Å². The van der Waals surface area contributed by atoms with E-state index >= 15 is 0 Å². The van der Waals surface area contributed by atoms with Crippen LogP contribution in [-0.2, 0) is 4.79 Å². The van der Waals surface area contributed by atoms with Crippen molar-refractivity contribution in [1.82, 2.24) is 15.2 Å². The van der Waals surface area contributed by atoms with Gasteiger partial charge in [-0.05, 0) is 61.4 Å². The molecular formula is C29H23F2N5O4S. The second-order valence-electron chi connectivity index (χ2n) is 9.63. The van der Waals surface area contributed by atoms with Gasteiger partial charge in [0.1, 0.15) is 15.5 Å². The van der Waals surface area contributed by atoms with E-state index in [0.717, 1.165) is 23.5 Å². The zero-order valence-electron chi connectivity index (χ0n) is 21.7. The molecule has 0 bridgehead atoms. The van der Waals surface area contributed by atoms with Crippen molar-refractivity contribution < 1.29 is 27.9 Å². The lowest BCUT2D eigenvalue weighted by Gasteiger charge is -2.29. The number of hydrogen-bond donors (Lipinski definition) is 2. The van der Waals surface area contributed by atoms with Crippen LogP contribution in [0, 0.1) is 18.6 Å². The summed E-state index contributed by atoms with van der Waals surface area (Å²) < 4.78 is 33.6. The molecule has 4 amide bonds. The third kappa shape index (κ3) is 4.65. The summed E-state index contributed by atoms with van der Waals surface area (Å²) in [4.78, 5) is 47.1. The number of nitrogens with zero attached hydrogens (tertiary/aromatic N) is 3. The number of para-hydroxylation sites is 1. The average Bonchev–Trinajstić information content (AvgIpc) is 3.57. The summed E-state index contributed by atoms with van der Waals surface area (Å²) in [6.07, 6.45) is 3.42. The minimum atomic E-state index is -0.832. The molecule has 4 heterocycles. The van der Waals surface area contributed by atoms with Gasteiger partial charge in [-0.1, -0.05) is 12.6 Å². The largest absolute Gasteiger partial charge is 0.451 e. The van der Waals surface area contributed by atoms with Crippen LogP contribution in [0.1, 0.15) is 21.7 Å². The maximum absolute atomic E-state index is 14.1. The smallest absolute Gasteiger partial charge is 0.331 e. The molecule has 2 N–H and O–H groups in total.